The molecule has 4 nitrogen and oxygen atoms in total. The summed E-state index contributed by atoms with van der Waals surface area (Å²) >= 11 is 1.70. The van der Waals surface area contributed by atoms with E-state index in [1.807, 2.05) is 6.07 Å². The van der Waals surface area contributed by atoms with Crippen LogP contribution < -0.4 is 4.72 Å². The van der Waals surface area contributed by atoms with Crippen LogP contribution in [0.25, 0.3) is 0 Å². The first kappa shape index (κ1) is 16.9. The Balaban J connectivity index is 2.05. The van der Waals surface area contributed by atoms with Crippen molar-refractivity contribution in [3.8, 4) is 0 Å². The summed E-state index contributed by atoms with van der Waals surface area (Å²) in [5.41, 5.74) is 0. The quantitative estimate of drug-likeness (QED) is 0.797. The Bertz CT molecular complexity index is 504. The molecule has 1 saturated carbocycles. The minimum atomic E-state index is -3.17. The van der Waals surface area contributed by atoms with Crippen molar-refractivity contribution < 1.29 is 8.42 Å². The highest BCUT2D eigenvalue weighted by atomic mass is 32.2. The van der Waals surface area contributed by atoms with Crippen LogP contribution in [-0.4, -0.2) is 38.2 Å². The van der Waals surface area contributed by atoms with Crippen molar-refractivity contribution in [2.24, 2.45) is 0 Å². The van der Waals surface area contributed by atoms with Crippen LogP contribution in [0.5, 0.6) is 0 Å². The third kappa shape index (κ3) is 4.28. The van der Waals surface area contributed by atoms with Crippen molar-refractivity contribution in [2.45, 2.75) is 50.8 Å². The first-order valence-corrected chi connectivity index (χ1v) is 10.3. The van der Waals surface area contributed by atoms with Crippen molar-refractivity contribution in [3.63, 3.8) is 0 Å². The van der Waals surface area contributed by atoms with Crippen LogP contribution in [0.3, 0.4) is 0 Å². The lowest BCUT2D eigenvalue weighted by molar-refractivity contribution is 0.223. The van der Waals surface area contributed by atoms with Crippen LogP contribution in [0.15, 0.2) is 17.5 Å². The van der Waals surface area contributed by atoms with Gasteiger partial charge in [0, 0.05) is 11.4 Å². The second kappa shape index (κ2) is 7.72. The summed E-state index contributed by atoms with van der Waals surface area (Å²) in [7, 11) is -3.17. The predicted octanol–water partition coefficient (Wildman–Crippen LogP) is 2.99. The molecule has 0 amide bonds. The van der Waals surface area contributed by atoms with Crippen molar-refractivity contribution in [1.82, 2.24) is 9.62 Å². The third-order valence-electron chi connectivity index (χ3n) is 4.34. The lowest BCUT2D eigenvalue weighted by atomic mass is 10.2. The van der Waals surface area contributed by atoms with Gasteiger partial charge in [0.2, 0.25) is 10.0 Å². The molecule has 1 atom stereocenters. The molecule has 1 fully saturated rings. The lowest BCUT2D eigenvalue weighted by Crippen LogP contribution is -2.40. The zero-order valence-corrected chi connectivity index (χ0v) is 14.5. The highest BCUT2D eigenvalue weighted by Crippen LogP contribution is 2.27. The molecule has 1 aliphatic rings. The molecule has 21 heavy (non-hydrogen) atoms. The van der Waals surface area contributed by atoms with Crippen LogP contribution in [0.2, 0.25) is 0 Å². The summed E-state index contributed by atoms with van der Waals surface area (Å²) in [6.07, 6.45) is 3.69. The fraction of sp³-hybridized carbons (Fsp3) is 0.733. The van der Waals surface area contributed by atoms with Gasteiger partial charge in [-0.25, -0.2) is 13.1 Å². The van der Waals surface area contributed by atoms with E-state index in [4.69, 9.17) is 0 Å². The van der Waals surface area contributed by atoms with Crippen LogP contribution in [-0.2, 0) is 10.0 Å². The second-order valence-corrected chi connectivity index (χ2v) is 8.58. The monoisotopic (exact) mass is 330 g/mol. The summed E-state index contributed by atoms with van der Waals surface area (Å²) in [6.45, 7) is 6.56. The number of thiophene rings is 1. The van der Waals surface area contributed by atoms with Gasteiger partial charge in [0.1, 0.15) is 0 Å². The molecule has 1 aromatic rings. The number of hydrogen-bond donors (Lipinski definition) is 1. The van der Waals surface area contributed by atoms with E-state index in [0.717, 1.165) is 38.8 Å². The molecule has 0 spiro atoms. The first-order chi connectivity index (χ1) is 10.1. The fourth-order valence-electron chi connectivity index (χ4n) is 3.07. The molecule has 2 rings (SSSR count). The molecule has 1 heterocycles. The Kier molecular flexibility index (Phi) is 6.22. The number of likely N-dealkylation sites (N-methyl/N-ethyl adjacent to an activating group) is 1. The summed E-state index contributed by atoms with van der Waals surface area (Å²) in [6, 6.07) is 4.26. The second-order valence-electron chi connectivity index (χ2n) is 5.55. The van der Waals surface area contributed by atoms with E-state index in [9.17, 15) is 8.42 Å². The SMILES string of the molecule is CCN(CC)C(CNS(=O)(=O)C1CCCC1)c1cccs1. The van der Waals surface area contributed by atoms with Crippen LogP contribution in [0.1, 0.15) is 50.4 Å². The number of sulfonamides is 1. The molecule has 1 unspecified atom stereocenters. The molecule has 0 radical (unpaired) electrons. The number of nitrogens with zero attached hydrogens (tertiary/aromatic N) is 1. The normalized spacial score (nSPS) is 18.4. The molecule has 0 aromatic carbocycles. The Hall–Kier alpha value is -0.430. The van der Waals surface area contributed by atoms with E-state index in [0.29, 0.717) is 6.54 Å². The molecular weight excluding hydrogens is 304 g/mol. The van der Waals surface area contributed by atoms with Crippen LogP contribution >= 0.6 is 11.3 Å². The molecule has 6 heteroatoms. The number of hydrogen-bond acceptors (Lipinski definition) is 4. The van der Waals surface area contributed by atoms with E-state index in [-0.39, 0.29) is 11.3 Å². The van der Waals surface area contributed by atoms with Gasteiger partial charge >= 0.3 is 0 Å². The molecule has 1 aromatic heterocycles. The standard InChI is InChI=1S/C15H26N2O2S2/c1-3-17(4-2)14(15-10-7-11-20-15)12-16-21(18,19)13-8-5-6-9-13/h7,10-11,13-14,16H,3-6,8-9,12H2,1-2H3. The van der Waals surface area contributed by atoms with Crippen molar-refractivity contribution in [3.05, 3.63) is 22.4 Å². The lowest BCUT2D eigenvalue weighted by Gasteiger charge is -2.29. The summed E-state index contributed by atoms with van der Waals surface area (Å²) in [4.78, 5) is 3.54. The molecular formula is C15H26N2O2S2. The molecule has 1 N–H and O–H groups in total. The van der Waals surface area contributed by atoms with Gasteiger partial charge in [0.15, 0.2) is 0 Å². The van der Waals surface area contributed by atoms with Gasteiger partial charge in [-0.05, 0) is 37.4 Å². The number of nitrogens with one attached hydrogen (secondary N) is 1. The van der Waals surface area contributed by atoms with E-state index in [1.165, 1.54) is 4.88 Å². The highest BCUT2D eigenvalue weighted by Gasteiger charge is 2.30. The minimum absolute atomic E-state index is 0.135. The van der Waals surface area contributed by atoms with Gasteiger partial charge in [-0.2, -0.15) is 0 Å². The molecule has 0 saturated heterocycles. The topological polar surface area (TPSA) is 49.4 Å². The van der Waals surface area contributed by atoms with Crippen molar-refractivity contribution in [2.75, 3.05) is 19.6 Å². The van der Waals surface area contributed by atoms with Gasteiger partial charge in [0.05, 0.1) is 11.3 Å². The van der Waals surface area contributed by atoms with E-state index >= 15 is 0 Å². The molecule has 0 bridgehead atoms. The summed E-state index contributed by atoms with van der Waals surface area (Å²) in [5.74, 6) is 0. The average Bonchev–Trinajstić information content (AvgIpc) is 3.15. The van der Waals surface area contributed by atoms with Crippen LogP contribution in [0.4, 0.5) is 0 Å². The fourth-order valence-corrected chi connectivity index (χ4v) is 5.51. The maximum Gasteiger partial charge on any atom is 0.214 e. The summed E-state index contributed by atoms with van der Waals surface area (Å²) in [5, 5.41) is 1.87. The van der Waals surface area contributed by atoms with E-state index in [1.54, 1.807) is 11.3 Å². The van der Waals surface area contributed by atoms with Crippen LogP contribution in [0, 0.1) is 0 Å². The predicted molar refractivity (Wildman–Crippen MR) is 89.2 cm³/mol. The Morgan fingerprint density at radius 3 is 2.52 bits per heavy atom. The van der Waals surface area contributed by atoms with Gasteiger partial charge in [-0.3, -0.25) is 4.90 Å². The maximum absolute atomic E-state index is 12.4. The minimum Gasteiger partial charge on any atom is -0.295 e. The zero-order chi connectivity index (χ0) is 15.3. The highest BCUT2D eigenvalue weighted by molar-refractivity contribution is 7.90. The molecule has 0 aliphatic heterocycles. The largest absolute Gasteiger partial charge is 0.295 e. The van der Waals surface area contributed by atoms with Gasteiger partial charge in [-0.15, -0.1) is 11.3 Å². The Morgan fingerprint density at radius 1 is 1.33 bits per heavy atom. The zero-order valence-electron chi connectivity index (χ0n) is 12.9. The van der Waals surface area contributed by atoms with Gasteiger partial charge < -0.3 is 0 Å². The molecule has 1 aliphatic carbocycles. The maximum atomic E-state index is 12.4. The average molecular weight is 331 g/mol. The third-order valence-corrected chi connectivity index (χ3v) is 7.24. The molecule has 120 valence electrons. The van der Waals surface area contributed by atoms with Gasteiger partial charge in [-0.1, -0.05) is 32.8 Å². The van der Waals surface area contributed by atoms with E-state index in [2.05, 4.69) is 34.9 Å². The van der Waals surface area contributed by atoms with E-state index < -0.39 is 10.0 Å². The first-order valence-electron chi connectivity index (χ1n) is 7.84. The van der Waals surface area contributed by atoms with Crippen molar-refractivity contribution in [1.29, 1.82) is 0 Å². The summed E-state index contributed by atoms with van der Waals surface area (Å²) < 4.78 is 27.6. The smallest absolute Gasteiger partial charge is 0.214 e. The van der Waals surface area contributed by atoms with Crippen molar-refractivity contribution >= 4 is 21.4 Å². The van der Waals surface area contributed by atoms with Gasteiger partial charge in [0.25, 0.3) is 0 Å². The Morgan fingerprint density at radius 2 is 2.00 bits per heavy atom. The number of rotatable bonds is 8. The Labute approximate surface area is 132 Å².